The van der Waals surface area contributed by atoms with Crippen LogP contribution in [0.1, 0.15) is 19.3 Å². The predicted octanol–water partition coefficient (Wildman–Crippen LogP) is -0.0597. The molecular formula is C10H13NO4. The van der Waals surface area contributed by atoms with Crippen LogP contribution in [-0.2, 0) is 19.1 Å². The number of carbonyl (C=O) groups excluding carboxylic acids is 3. The first-order chi connectivity index (χ1) is 7.03. The summed E-state index contributed by atoms with van der Waals surface area (Å²) in [5.74, 6) is -1.52. The minimum atomic E-state index is -1.29. The molecule has 5 heteroatoms. The molecule has 15 heavy (non-hydrogen) atoms. The zero-order valence-corrected chi connectivity index (χ0v) is 8.49. The van der Waals surface area contributed by atoms with Crippen LogP contribution in [-0.4, -0.2) is 24.8 Å². The van der Waals surface area contributed by atoms with Gasteiger partial charge < -0.3 is 10.5 Å². The average molecular weight is 211 g/mol. The van der Waals surface area contributed by atoms with Crippen LogP contribution in [0.2, 0.25) is 0 Å². The Balaban J connectivity index is 3.02. The van der Waals surface area contributed by atoms with E-state index in [9.17, 15) is 14.4 Å². The number of esters is 1. The molecule has 0 bridgehead atoms. The van der Waals surface area contributed by atoms with E-state index >= 15 is 0 Å². The SMILES string of the molecule is COC(=O)C1(C=CC(N)=O)CCCC1=O. The molecule has 1 aliphatic rings. The van der Waals surface area contributed by atoms with Gasteiger partial charge in [0.05, 0.1) is 7.11 Å². The number of hydrogen-bond acceptors (Lipinski definition) is 4. The third-order valence-corrected chi connectivity index (χ3v) is 2.55. The minimum Gasteiger partial charge on any atom is -0.468 e. The summed E-state index contributed by atoms with van der Waals surface area (Å²) in [5, 5.41) is 0. The van der Waals surface area contributed by atoms with E-state index in [4.69, 9.17) is 5.73 Å². The average Bonchev–Trinajstić information content (AvgIpc) is 2.57. The molecule has 0 aromatic rings. The number of amides is 1. The number of primary amides is 1. The first-order valence-corrected chi connectivity index (χ1v) is 4.63. The maximum absolute atomic E-state index is 11.6. The molecule has 0 aromatic carbocycles. The lowest BCUT2D eigenvalue weighted by Gasteiger charge is -2.19. The van der Waals surface area contributed by atoms with Gasteiger partial charge in [-0.15, -0.1) is 0 Å². The molecule has 0 radical (unpaired) electrons. The summed E-state index contributed by atoms with van der Waals surface area (Å²) in [6, 6.07) is 0. The molecule has 1 atom stereocenters. The summed E-state index contributed by atoms with van der Waals surface area (Å²) < 4.78 is 4.58. The van der Waals surface area contributed by atoms with Crippen LogP contribution in [0.25, 0.3) is 0 Å². The molecule has 1 saturated carbocycles. The van der Waals surface area contributed by atoms with Crippen LogP contribution in [0.4, 0.5) is 0 Å². The van der Waals surface area contributed by atoms with Crippen molar-refractivity contribution in [2.75, 3.05) is 7.11 Å². The quantitative estimate of drug-likeness (QED) is 0.402. The molecule has 0 aromatic heterocycles. The summed E-state index contributed by atoms with van der Waals surface area (Å²) in [5.41, 5.74) is 3.64. The number of hydrogen-bond donors (Lipinski definition) is 1. The van der Waals surface area contributed by atoms with Crippen LogP contribution < -0.4 is 5.73 Å². The van der Waals surface area contributed by atoms with E-state index in [1.54, 1.807) is 0 Å². The first kappa shape index (κ1) is 11.4. The van der Waals surface area contributed by atoms with Crippen molar-refractivity contribution in [2.24, 2.45) is 11.1 Å². The number of methoxy groups -OCH3 is 1. The third kappa shape index (κ3) is 2.06. The van der Waals surface area contributed by atoms with E-state index in [0.29, 0.717) is 19.3 Å². The number of rotatable bonds is 3. The number of nitrogens with two attached hydrogens (primary N) is 1. The summed E-state index contributed by atoms with van der Waals surface area (Å²) in [4.78, 5) is 33.7. The van der Waals surface area contributed by atoms with Gasteiger partial charge in [-0.1, -0.05) is 6.08 Å². The highest BCUT2D eigenvalue weighted by Crippen LogP contribution is 2.37. The largest absolute Gasteiger partial charge is 0.468 e. The zero-order chi connectivity index (χ0) is 11.5. The fourth-order valence-electron chi connectivity index (χ4n) is 1.76. The maximum Gasteiger partial charge on any atom is 0.323 e. The standard InChI is InChI=1S/C10H13NO4/c1-15-9(14)10(6-4-8(11)13)5-2-3-7(10)12/h4,6H,2-3,5H2,1H3,(H2,11,13). The lowest BCUT2D eigenvalue weighted by atomic mass is 9.85. The van der Waals surface area contributed by atoms with Crippen LogP contribution in [0.5, 0.6) is 0 Å². The molecular weight excluding hydrogens is 198 g/mol. The maximum atomic E-state index is 11.6. The van der Waals surface area contributed by atoms with Gasteiger partial charge >= 0.3 is 5.97 Å². The predicted molar refractivity (Wildman–Crippen MR) is 51.6 cm³/mol. The van der Waals surface area contributed by atoms with E-state index in [1.807, 2.05) is 0 Å². The summed E-state index contributed by atoms with van der Waals surface area (Å²) in [7, 11) is 1.22. The lowest BCUT2D eigenvalue weighted by molar-refractivity contribution is -0.153. The van der Waals surface area contributed by atoms with Crippen molar-refractivity contribution in [1.82, 2.24) is 0 Å². The monoisotopic (exact) mass is 211 g/mol. The van der Waals surface area contributed by atoms with E-state index < -0.39 is 17.3 Å². The smallest absolute Gasteiger partial charge is 0.323 e. The highest BCUT2D eigenvalue weighted by atomic mass is 16.5. The van der Waals surface area contributed by atoms with Crippen LogP contribution in [0, 0.1) is 5.41 Å². The molecule has 0 heterocycles. The van der Waals surface area contributed by atoms with E-state index in [-0.39, 0.29) is 5.78 Å². The Morgan fingerprint density at radius 3 is 2.60 bits per heavy atom. The Labute approximate surface area is 87.3 Å². The Kier molecular flexibility index (Phi) is 3.24. The zero-order valence-electron chi connectivity index (χ0n) is 8.49. The second-order valence-corrected chi connectivity index (χ2v) is 3.48. The molecule has 5 nitrogen and oxygen atoms in total. The lowest BCUT2D eigenvalue weighted by Crippen LogP contribution is -2.34. The Morgan fingerprint density at radius 2 is 2.20 bits per heavy atom. The van der Waals surface area contributed by atoms with Crippen LogP contribution in [0.15, 0.2) is 12.2 Å². The van der Waals surface area contributed by atoms with Gasteiger partial charge in [-0.2, -0.15) is 0 Å². The van der Waals surface area contributed by atoms with Gasteiger partial charge in [0.25, 0.3) is 0 Å². The fraction of sp³-hybridized carbons (Fsp3) is 0.500. The van der Waals surface area contributed by atoms with Gasteiger partial charge in [-0.3, -0.25) is 14.4 Å². The second kappa shape index (κ2) is 4.25. The number of carbonyl (C=O) groups is 3. The molecule has 0 spiro atoms. The van der Waals surface area contributed by atoms with Gasteiger partial charge in [-0.05, 0) is 12.8 Å². The highest BCUT2D eigenvalue weighted by molar-refractivity contribution is 6.08. The summed E-state index contributed by atoms with van der Waals surface area (Å²) in [6.07, 6.45) is 3.63. The van der Waals surface area contributed by atoms with Crippen molar-refractivity contribution in [3.63, 3.8) is 0 Å². The first-order valence-electron chi connectivity index (χ1n) is 4.63. The van der Waals surface area contributed by atoms with Crippen molar-refractivity contribution in [1.29, 1.82) is 0 Å². The van der Waals surface area contributed by atoms with E-state index in [2.05, 4.69) is 4.74 Å². The van der Waals surface area contributed by atoms with Crippen molar-refractivity contribution in [3.05, 3.63) is 12.2 Å². The molecule has 1 unspecified atom stereocenters. The van der Waals surface area contributed by atoms with Gasteiger partial charge in [-0.25, -0.2) is 0 Å². The number of ether oxygens (including phenoxy) is 1. The van der Waals surface area contributed by atoms with Crippen LogP contribution >= 0.6 is 0 Å². The highest BCUT2D eigenvalue weighted by Gasteiger charge is 2.47. The Bertz CT molecular complexity index is 334. The van der Waals surface area contributed by atoms with Crippen molar-refractivity contribution in [2.45, 2.75) is 19.3 Å². The van der Waals surface area contributed by atoms with Crippen molar-refractivity contribution < 1.29 is 19.1 Å². The minimum absolute atomic E-state index is 0.216. The molecule has 1 amide bonds. The third-order valence-electron chi connectivity index (χ3n) is 2.55. The second-order valence-electron chi connectivity index (χ2n) is 3.48. The van der Waals surface area contributed by atoms with Gasteiger partial charge in [0.2, 0.25) is 5.91 Å². The molecule has 1 rings (SSSR count). The van der Waals surface area contributed by atoms with Gasteiger partial charge in [0.15, 0.2) is 5.78 Å². The van der Waals surface area contributed by atoms with E-state index in [1.165, 1.54) is 13.2 Å². The molecule has 2 N–H and O–H groups in total. The normalized spacial score (nSPS) is 25.8. The number of ketones is 1. The molecule has 82 valence electrons. The molecule has 0 saturated heterocycles. The van der Waals surface area contributed by atoms with Crippen molar-refractivity contribution in [3.8, 4) is 0 Å². The molecule has 1 aliphatic carbocycles. The number of Topliss-reactive ketones (excluding diaryl/α,β-unsaturated/α-hetero) is 1. The van der Waals surface area contributed by atoms with Gasteiger partial charge in [0.1, 0.15) is 5.41 Å². The van der Waals surface area contributed by atoms with Crippen LogP contribution in [0.3, 0.4) is 0 Å². The van der Waals surface area contributed by atoms with Gasteiger partial charge in [0, 0.05) is 12.5 Å². The fourth-order valence-corrected chi connectivity index (χ4v) is 1.76. The Hall–Kier alpha value is -1.65. The summed E-state index contributed by atoms with van der Waals surface area (Å²) >= 11 is 0. The topological polar surface area (TPSA) is 86.5 Å². The van der Waals surface area contributed by atoms with E-state index in [0.717, 1.165) is 6.08 Å². The molecule has 0 aliphatic heterocycles. The molecule has 1 fully saturated rings. The summed E-state index contributed by atoms with van der Waals surface area (Å²) in [6.45, 7) is 0. The van der Waals surface area contributed by atoms with Crippen molar-refractivity contribution >= 4 is 17.7 Å². The Morgan fingerprint density at radius 1 is 1.53 bits per heavy atom.